The van der Waals surface area contributed by atoms with E-state index < -0.39 is 11.6 Å². The zero-order chi connectivity index (χ0) is 12.3. The summed E-state index contributed by atoms with van der Waals surface area (Å²) in [7, 11) is 0. The molecule has 1 unspecified atom stereocenters. The number of hydrogen-bond acceptors (Lipinski definition) is 4. The van der Waals surface area contributed by atoms with Crippen molar-refractivity contribution in [3.05, 3.63) is 17.7 Å². The monoisotopic (exact) mass is 244 g/mol. The van der Waals surface area contributed by atoms with Crippen LogP contribution in [0.1, 0.15) is 13.3 Å². The Morgan fingerprint density at radius 2 is 2.35 bits per heavy atom. The molecule has 1 N–H and O–H groups in total. The lowest BCUT2D eigenvalue weighted by molar-refractivity contribution is 0.134. The van der Waals surface area contributed by atoms with E-state index in [1.54, 1.807) is 6.92 Å². The molecule has 1 aromatic rings. The van der Waals surface area contributed by atoms with Crippen molar-refractivity contribution in [2.75, 3.05) is 25.1 Å². The van der Waals surface area contributed by atoms with Gasteiger partial charge in [0.2, 0.25) is 0 Å². The molecule has 1 aliphatic heterocycles. The van der Waals surface area contributed by atoms with Crippen LogP contribution in [0.5, 0.6) is 5.88 Å². The highest BCUT2D eigenvalue weighted by molar-refractivity contribution is 5.39. The van der Waals surface area contributed by atoms with Gasteiger partial charge in [-0.15, -0.1) is 0 Å². The predicted octanol–water partition coefficient (Wildman–Crippen LogP) is 1.96. The molecule has 0 bridgehead atoms. The highest BCUT2D eigenvalue weighted by atomic mass is 19.1. The molecular weight excluding hydrogens is 230 g/mol. The van der Waals surface area contributed by atoms with Gasteiger partial charge in [0.1, 0.15) is 6.10 Å². The van der Waals surface area contributed by atoms with Crippen molar-refractivity contribution in [1.29, 1.82) is 0 Å². The molecule has 1 atom stereocenters. The van der Waals surface area contributed by atoms with E-state index in [2.05, 4.69) is 10.3 Å². The number of halogens is 2. The Labute approximate surface area is 97.9 Å². The van der Waals surface area contributed by atoms with E-state index in [0.717, 1.165) is 6.07 Å². The van der Waals surface area contributed by atoms with Gasteiger partial charge >= 0.3 is 0 Å². The summed E-state index contributed by atoms with van der Waals surface area (Å²) in [5.74, 6) is -1.70. The van der Waals surface area contributed by atoms with Gasteiger partial charge in [-0.3, -0.25) is 0 Å². The number of nitrogens with one attached hydrogen (secondary N) is 1. The maximum absolute atomic E-state index is 13.4. The molecule has 0 spiro atoms. The molecule has 2 rings (SSSR count). The van der Waals surface area contributed by atoms with Crippen LogP contribution in [0.3, 0.4) is 0 Å². The number of anilines is 1. The van der Waals surface area contributed by atoms with Crippen LogP contribution < -0.4 is 10.1 Å². The maximum Gasteiger partial charge on any atom is 0.252 e. The van der Waals surface area contributed by atoms with E-state index in [0.29, 0.717) is 26.2 Å². The molecule has 4 nitrogen and oxygen atoms in total. The van der Waals surface area contributed by atoms with Crippen molar-refractivity contribution in [1.82, 2.24) is 4.98 Å². The van der Waals surface area contributed by atoms with E-state index >= 15 is 0 Å². The number of nitrogens with zero attached hydrogens (tertiary/aromatic N) is 1. The fourth-order valence-corrected chi connectivity index (χ4v) is 1.59. The van der Waals surface area contributed by atoms with Crippen LogP contribution in [0.25, 0.3) is 0 Å². The second kappa shape index (κ2) is 5.27. The van der Waals surface area contributed by atoms with Crippen molar-refractivity contribution >= 4 is 5.82 Å². The molecule has 2 heterocycles. The molecule has 0 saturated carbocycles. The number of ether oxygens (including phenoxy) is 2. The quantitative estimate of drug-likeness (QED) is 0.879. The highest BCUT2D eigenvalue weighted by Gasteiger charge is 2.21. The van der Waals surface area contributed by atoms with Crippen molar-refractivity contribution < 1.29 is 18.3 Å². The summed E-state index contributed by atoms with van der Waals surface area (Å²) in [6.07, 6.45) is 0.478. The van der Waals surface area contributed by atoms with Gasteiger partial charge in [0.25, 0.3) is 5.88 Å². The standard InChI is InChI=1S/C11H14F2N2O2/c1-2-14-10-8(12)5-9(13)11(15-10)17-7-3-4-16-6-7/h5,7H,2-4,6H2,1H3,(H,14,15). The van der Waals surface area contributed by atoms with Crippen molar-refractivity contribution in [2.45, 2.75) is 19.4 Å². The first-order valence-corrected chi connectivity index (χ1v) is 5.55. The van der Waals surface area contributed by atoms with Gasteiger partial charge in [-0.2, -0.15) is 4.98 Å². The normalized spacial score (nSPS) is 19.4. The lowest BCUT2D eigenvalue weighted by atomic mass is 10.3. The Morgan fingerprint density at radius 3 is 3.00 bits per heavy atom. The minimum atomic E-state index is -0.795. The van der Waals surface area contributed by atoms with Crippen LogP contribution in [0.4, 0.5) is 14.6 Å². The Hall–Kier alpha value is -1.43. The second-order valence-electron chi connectivity index (χ2n) is 3.74. The first-order chi connectivity index (χ1) is 8.20. The van der Waals surface area contributed by atoms with E-state index in [4.69, 9.17) is 9.47 Å². The van der Waals surface area contributed by atoms with Crippen LogP contribution in [0, 0.1) is 11.6 Å². The van der Waals surface area contributed by atoms with Gasteiger partial charge < -0.3 is 14.8 Å². The van der Waals surface area contributed by atoms with Gasteiger partial charge in [0.15, 0.2) is 17.5 Å². The third kappa shape index (κ3) is 2.82. The molecule has 1 aliphatic rings. The smallest absolute Gasteiger partial charge is 0.252 e. The summed E-state index contributed by atoms with van der Waals surface area (Å²) in [6.45, 7) is 3.31. The molecule has 0 aromatic carbocycles. The summed E-state index contributed by atoms with van der Waals surface area (Å²) >= 11 is 0. The van der Waals surface area contributed by atoms with Crippen molar-refractivity contribution in [3.63, 3.8) is 0 Å². The molecule has 0 radical (unpaired) electrons. The molecule has 17 heavy (non-hydrogen) atoms. The topological polar surface area (TPSA) is 43.4 Å². The number of pyridine rings is 1. The average molecular weight is 244 g/mol. The molecular formula is C11H14F2N2O2. The van der Waals surface area contributed by atoms with E-state index in [1.807, 2.05) is 0 Å². The number of hydrogen-bond donors (Lipinski definition) is 1. The second-order valence-corrected chi connectivity index (χ2v) is 3.74. The Bertz CT molecular complexity index is 395. The first-order valence-electron chi connectivity index (χ1n) is 5.55. The molecule has 1 fully saturated rings. The van der Waals surface area contributed by atoms with E-state index in [1.165, 1.54) is 0 Å². The Kier molecular flexibility index (Phi) is 3.73. The third-order valence-corrected chi connectivity index (χ3v) is 2.41. The van der Waals surface area contributed by atoms with Crippen molar-refractivity contribution in [3.8, 4) is 5.88 Å². The molecule has 0 amide bonds. The summed E-state index contributed by atoms with van der Waals surface area (Å²) in [4.78, 5) is 3.79. The molecule has 6 heteroatoms. The lowest BCUT2D eigenvalue weighted by Gasteiger charge is -2.13. The number of rotatable bonds is 4. The lowest BCUT2D eigenvalue weighted by Crippen LogP contribution is -2.18. The number of aromatic nitrogens is 1. The minimum absolute atomic E-state index is 0.00261. The maximum atomic E-state index is 13.4. The predicted molar refractivity (Wildman–Crippen MR) is 58.2 cm³/mol. The van der Waals surface area contributed by atoms with Gasteiger partial charge in [0.05, 0.1) is 13.2 Å². The van der Waals surface area contributed by atoms with Crippen LogP contribution in [0.15, 0.2) is 6.07 Å². The summed E-state index contributed by atoms with van der Waals surface area (Å²) < 4.78 is 37.1. The molecule has 1 aromatic heterocycles. The minimum Gasteiger partial charge on any atom is -0.470 e. The highest BCUT2D eigenvalue weighted by Crippen LogP contribution is 2.23. The van der Waals surface area contributed by atoms with Crippen molar-refractivity contribution in [2.24, 2.45) is 0 Å². The SMILES string of the molecule is CCNc1nc(OC2CCOC2)c(F)cc1F. The fourth-order valence-electron chi connectivity index (χ4n) is 1.59. The molecule has 1 saturated heterocycles. The van der Waals surface area contributed by atoms with Crippen LogP contribution >= 0.6 is 0 Å². The van der Waals surface area contributed by atoms with Crippen LogP contribution in [0.2, 0.25) is 0 Å². The molecule has 0 aliphatic carbocycles. The van der Waals surface area contributed by atoms with E-state index in [9.17, 15) is 8.78 Å². The van der Waals surface area contributed by atoms with Crippen LogP contribution in [-0.2, 0) is 4.74 Å². The summed E-state index contributed by atoms with van der Waals surface area (Å²) in [5, 5.41) is 2.70. The Balaban J connectivity index is 2.16. The van der Waals surface area contributed by atoms with Gasteiger partial charge in [-0.05, 0) is 6.92 Å². The van der Waals surface area contributed by atoms with Gasteiger partial charge in [-0.25, -0.2) is 8.78 Å². The van der Waals surface area contributed by atoms with Gasteiger partial charge in [-0.1, -0.05) is 0 Å². The zero-order valence-corrected chi connectivity index (χ0v) is 9.50. The fraction of sp³-hybridized carbons (Fsp3) is 0.545. The van der Waals surface area contributed by atoms with E-state index in [-0.39, 0.29) is 17.8 Å². The summed E-state index contributed by atoms with van der Waals surface area (Å²) in [6, 6.07) is 0.774. The Morgan fingerprint density at radius 1 is 1.53 bits per heavy atom. The molecule has 94 valence electrons. The largest absolute Gasteiger partial charge is 0.470 e. The first kappa shape index (κ1) is 12.0. The zero-order valence-electron chi connectivity index (χ0n) is 9.50. The third-order valence-electron chi connectivity index (χ3n) is 2.41. The van der Waals surface area contributed by atoms with Gasteiger partial charge in [0, 0.05) is 19.0 Å². The summed E-state index contributed by atoms with van der Waals surface area (Å²) in [5.41, 5.74) is 0. The average Bonchev–Trinajstić information content (AvgIpc) is 2.78. The van der Waals surface area contributed by atoms with Crippen LogP contribution in [-0.4, -0.2) is 30.8 Å².